The Kier molecular flexibility index (Phi) is 6.12. The van der Waals surface area contributed by atoms with E-state index in [2.05, 4.69) is 10.6 Å². The van der Waals surface area contributed by atoms with Crippen molar-refractivity contribution in [2.75, 3.05) is 10.6 Å². The smallest absolute Gasteiger partial charge is 0.412 e. The standard InChI is InChI=1S/C18H18N4O7/c1-18(2,3)29-17(24)20-13-10-15(22(27)28)14(21(25)26)9-12(13)19-16(23)11-7-5-4-6-8-11/h4-10H,1-3H3,(H,19,23)(H,20,24). The van der Waals surface area contributed by atoms with Crippen molar-refractivity contribution in [1.29, 1.82) is 0 Å². The molecule has 0 aliphatic heterocycles. The van der Waals surface area contributed by atoms with E-state index in [1.54, 1.807) is 39.0 Å². The van der Waals surface area contributed by atoms with Crippen LogP contribution in [0.25, 0.3) is 0 Å². The van der Waals surface area contributed by atoms with E-state index in [4.69, 9.17) is 4.74 Å². The monoisotopic (exact) mass is 402 g/mol. The zero-order chi connectivity index (χ0) is 21.8. The van der Waals surface area contributed by atoms with Crippen LogP contribution in [-0.2, 0) is 4.74 Å². The Labute approximate surface area is 165 Å². The van der Waals surface area contributed by atoms with E-state index in [0.29, 0.717) is 0 Å². The van der Waals surface area contributed by atoms with E-state index in [0.717, 1.165) is 12.1 Å². The molecule has 0 fully saturated rings. The van der Waals surface area contributed by atoms with Gasteiger partial charge in [-0.2, -0.15) is 0 Å². The van der Waals surface area contributed by atoms with Crippen LogP contribution in [0.2, 0.25) is 0 Å². The number of nitrogens with zero attached hydrogens (tertiary/aromatic N) is 2. The van der Waals surface area contributed by atoms with Gasteiger partial charge in [0.1, 0.15) is 5.60 Å². The third kappa shape index (κ3) is 5.73. The number of rotatable bonds is 5. The number of nitro groups is 2. The fourth-order valence-electron chi connectivity index (χ4n) is 2.27. The molecule has 29 heavy (non-hydrogen) atoms. The van der Waals surface area contributed by atoms with Gasteiger partial charge in [-0.25, -0.2) is 4.79 Å². The van der Waals surface area contributed by atoms with Crippen molar-refractivity contribution in [3.63, 3.8) is 0 Å². The minimum Gasteiger partial charge on any atom is -0.444 e. The fraction of sp³-hybridized carbons (Fsp3) is 0.222. The summed E-state index contributed by atoms with van der Waals surface area (Å²) in [6.07, 6.45) is -0.948. The fourth-order valence-corrected chi connectivity index (χ4v) is 2.27. The normalized spacial score (nSPS) is 10.7. The predicted octanol–water partition coefficient (Wildman–Crippen LogP) is 4.10. The summed E-state index contributed by atoms with van der Waals surface area (Å²) in [5, 5.41) is 27.2. The van der Waals surface area contributed by atoms with Gasteiger partial charge in [-0.05, 0) is 32.9 Å². The first-order chi connectivity index (χ1) is 13.5. The minimum atomic E-state index is -0.957. The van der Waals surface area contributed by atoms with E-state index in [9.17, 15) is 29.8 Å². The number of ether oxygens (including phenoxy) is 1. The van der Waals surface area contributed by atoms with E-state index < -0.39 is 38.8 Å². The third-order valence-electron chi connectivity index (χ3n) is 3.43. The number of anilines is 2. The Balaban J connectivity index is 2.48. The molecular formula is C18H18N4O7. The Morgan fingerprint density at radius 1 is 0.897 bits per heavy atom. The molecule has 0 unspecified atom stereocenters. The highest BCUT2D eigenvalue weighted by atomic mass is 16.6. The van der Waals surface area contributed by atoms with Crippen molar-refractivity contribution in [2.45, 2.75) is 26.4 Å². The number of nitrogens with one attached hydrogen (secondary N) is 2. The van der Waals surface area contributed by atoms with Gasteiger partial charge in [-0.15, -0.1) is 0 Å². The highest BCUT2D eigenvalue weighted by Gasteiger charge is 2.29. The summed E-state index contributed by atoms with van der Waals surface area (Å²) in [7, 11) is 0. The number of carbonyl (C=O) groups excluding carboxylic acids is 2. The second-order valence-electron chi connectivity index (χ2n) is 6.85. The van der Waals surface area contributed by atoms with Crippen LogP contribution in [0.15, 0.2) is 42.5 Å². The van der Waals surface area contributed by atoms with E-state index >= 15 is 0 Å². The van der Waals surface area contributed by atoms with Crippen LogP contribution in [0, 0.1) is 20.2 Å². The number of hydrogen-bond donors (Lipinski definition) is 2. The van der Waals surface area contributed by atoms with E-state index in [1.807, 2.05) is 0 Å². The van der Waals surface area contributed by atoms with Gasteiger partial charge >= 0.3 is 17.5 Å². The van der Waals surface area contributed by atoms with Crippen LogP contribution in [0.1, 0.15) is 31.1 Å². The summed E-state index contributed by atoms with van der Waals surface area (Å²) >= 11 is 0. The topological polar surface area (TPSA) is 154 Å². The molecule has 0 aliphatic rings. The lowest BCUT2D eigenvalue weighted by atomic mass is 10.1. The largest absolute Gasteiger partial charge is 0.444 e. The Morgan fingerprint density at radius 3 is 1.83 bits per heavy atom. The van der Waals surface area contributed by atoms with Crippen LogP contribution in [0.4, 0.5) is 27.5 Å². The molecule has 0 spiro atoms. The SMILES string of the molecule is CC(C)(C)OC(=O)Nc1cc([N+](=O)[O-])c([N+](=O)[O-])cc1NC(=O)c1ccccc1. The molecule has 2 N–H and O–H groups in total. The van der Waals surface area contributed by atoms with Crippen molar-refractivity contribution in [3.8, 4) is 0 Å². The maximum Gasteiger partial charge on any atom is 0.412 e. The second kappa shape index (κ2) is 8.33. The second-order valence-corrected chi connectivity index (χ2v) is 6.85. The summed E-state index contributed by atoms with van der Waals surface area (Å²) in [4.78, 5) is 45.0. The van der Waals surface area contributed by atoms with E-state index in [1.165, 1.54) is 12.1 Å². The molecule has 0 atom stereocenters. The van der Waals surface area contributed by atoms with Gasteiger partial charge in [0.15, 0.2) is 0 Å². The van der Waals surface area contributed by atoms with Crippen molar-refractivity contribution >= 4 is 34.7 Å². The highest BCUT2D eigenvalue weighted by molar-refractivity contribution is 6.07. The minimum absolute atomic E-state index is 0.193. The summed E-state index contributed by atoms with van der Waals surface area (Å²) in [6.45, 7) is 4.84. The van der Waals surface area contributed by atoms with Crippen LogP contribution < -0.4 is 10.6 Å². The predicted molar refractivity (Wildman–Crippen MR) is 104 cm³/mol. The van der Waals surface area contributed by atoms with Gasteiger partial charge in [0.25, 0.3) is 5.91 Å². The number of benzene rings is 2. The maximum absolute atomic E-state index is 12.4. The number of carbonyl (C=O) groups is 2. The van der Waals surface area contributed by atoms with Gasteiger partial charge < -0.3 is 10.1 Å². The quantitative estimate of drug-likeness (QED) is 0.563. The van der Waals surface area contributed by atoms with Crippen LogP contribution in [0.3, 0.4) is 0 Å². The first kappa shape index (κ1) is 21.3. The molecule has 0 aliphatic carbocycles. The van der Waals surface area contributed by atoms with Crippen LogP contribution >= 0.6 is 0 Å². The Bertz CT molecular complexity index is 968. The zero-order valence-electron chi connectivity index (χ0n) is 15.8. The van der Waals surface area contributed by atoms with Crippen LogP contribution in [-0.4, -0.2) is 27.4 Å². The molecule has 0 saturated heterocycles. The summed E-state index contributed by atoms with van der Waals surface area (Å²) < 4.78 is 5.10. The van der Waals surface area contributed by atoms with Crippen LogP contribution in [0.5, 0.6) is 0 Å². The molecule has 0 radical (unpaired) electrons. The summed E-state index contributed by atoms with van der Waals surface area (Å²) in [6, 6.07) is 9.56. The van der Waals surface area contributed by atoms with Crippen molar-refractivity contribution in [1.82, 2.24) is 0 Å². The molecular weight excluding hydrogens is 384 g/mol. The molecule has 0 bridgehead atoms. The average Bonchev–Trinajstić information content (AvgIpc) is 2.61. The molecule has 11 nitrogen and oxygen atoms in total. The average molecular weight is 402 g/mol. The van der Waals surface area contributed by atoms with Gasteiger partial charge in [-0.3, -0.25) is 30.3 Å². The van der Waals surface area contributed by atoms with Gasteiger partial charge in [0.05, 0.1) is 21.2 Å². The summed E-state index contributed by atoms with van der Waals surface area (Å²) in [5.74, 6) is -0.624. The Hall–Kier alpha value is -4.02. The maximum atomic E-state index is 12.4. The Morgan fingerprint density at radius 2 is 1.38 bits per heavy atom. The summed E-state index contributed by atoms with van der Waals surface area (Å²) in [5.41, 5.74) is -2.71. The molecule has 0 saturated carbocycles. The molecule has 2 amide bonds. The molecule has 0 heterocycles. The lowest BCUT2D eigenvalue weighted by Gasteiger charge is -2.20. The first-order valence-corrected chi connectivity index (χ1v) is 8.31. The third-order valence-corrected chi connectivity index (χ3v) is 3.43. The van der Waals surface area contributed by atoms with Crippen molar-refractivity contribution < 1.29 is 24.2 Å². The number of amides is 2. The van der Waals surface area contributed by atoms with Gasteiger partial charge in [-0.1, -0.05) is 18.2 Å². The number of nitro benzene ring substituents is 2. The molecule has 2 aromatic rings. The lowest BCUT2D eigenvalue weighted by molar-refractivity contribution is -0.422. The molecule has 2 aromatic carbocycles. The zero-order valence-corrected chi connectivity index (χ0v) is 15.8. The number of hydrogen-bond acceptors (Lipinski definition) is 7. The van der Waals surface area contributed by atoms with Crippen molar-refractivity contribution in [2.24, 2.45) is 0 Å². The van der Waals surface area contributed by atoms with Gasteiger partial charge in [0.2, 0.25) is 0 Å². The molecule has 2 rings (SSSR count). The molecule has 11 heteroatoms. The van der Waals surface area contributed by atoms with Gasteiger partial charge in [0, 0.05) is 17.7 Å². The molecule has 152 valence electrons. The first-order valence-electron chi connectivity index (χ1n) is 8.31. The van der Waals surface area contributed by atoms with Crippen molar-refractivity contribution in [3.05, 3.63) is 68.3 Å². The highest BCUT2D eigenvalue weighted by Crippen LogP contribution is 2.36. The van der Waals surface area contributed by atoms with E-state index in [-0.39, 0.29) is 16.9 Å². The molecule has 0 aromatic heterocycles. The lowest BCUT2D eigenvalue weighted by Crippen LogP contribution is -2.27.